The summed E-state index contributed by atoms with van der Waals surface area (Å²) in [5.41, 5.74) is 1.60. The lowest BCUT2D eigenvalue weighted by molar-refractivity contribution is -0.107. The van der Waals surface area contributed by atoms with Crippen LogP contribution < -0.4 is 5.32 Å². The molecule has 5 heteroatoms. The zero-order valence-electron chi connectivity index (χ0n) is 11.9. The minimum atomic E-state index is 0.177. The van der Waals surface area contributed by atoms with E-state index in [1.807, 2.05) is 0 Å². The average Bonchev–Trinajstić information content (AvgIpc) is 2.87. The van der Waals surface area contributed by atoms with Gasteiger partial charge in [0.2, 0.25) is 0 Å². The van der Waals surface area contributed by atoms with Gasteiger partial charge in [0.15, 0.2) is 0 Å². The molecule has 2 aliphatic rings. The van der Waals surface area contributed by atoms with Crippen molar-refractivity contribution in [3.8, 4) is 0 Å². The predicted octanol–water partition coefficient (Wildman–Crippen LogP) is 4.46. The molecule has 2 atom stereocenters. The summed E-state index contributed by atoms with van der Waals surface area (Å²) in [6, 6.07) is 2.73. The summed E-state index contributed by atoms with van der Waals surface area (Å²) in [6.07, 6.45) is 4.86. The van der Waals surface area contributed by atoms with Crippen molar-refractivity contribution in [1.82, 2.24) is 5.32 Å². The standard InChI is InChI=1S/C15H22BrNOS2/c1-17-14(12-8-13(16)20-10-12)11-2-5-18-15(9-11)3-6-19-7-4-15/h8,10-11,14,17H,2-7,9H2,1H3. The molecular formula is C15H22BrNOS2. The summed E-state index contributed by atoms with van der Waals surface area (Å²) in [7, 11) is 2.09. The first-order valence-corrected chi connectivity index (χ1v) is 10.2. The topological polar surface area (TPSA) is 21.3 Å². The van der Waals surface area contributed by atoms with Crippen molar-refractivity contribution in [3.63, 3.8) is 0 Å². The van der Waals surface area contributed by atoms with Crippen LogP contribution in [0, 0.1) is 5.92 Å². The summed E-state index contributed by atoms with van der Waals surface area (Å²) >= 11 is 7.45. The van der Waals surface area contributed by atoms with Gasteiger partial charge >= 0.3 is 0 Å². The van der Waals surface area contributed by atoms with Gasteiger partial charge in [0, 0.05) is 12.6 Å². The molecule has 0 bridgehead atoms. The van der Waals surface area contributed by atoms with Gasteiger partial charge in [-0.1, -0.05) is 0 Å². The second-order valence-corrected chi connectivity index (χ2v) is 9.36. The van der Waals surface area contributed by atoms with Gasteiger partial charge in [0.1, 0.15) is 0 Å². The van der Waals surface area contributed by atoms with Gasteiger partial charge in [0.25, 0.3) is 0 Å². The summed E-state index contributed by atoms with van der Waals surface area (Å²) in [5.74, 6) is 3.22. The highest BCUT2D eigenvalue weighted by molar-refractivity contribution is 9.11. The van der Waals surface area contributed by atoms with E-state index in [4.69, 9.17) is 4.74 Å². The van der Waals surface area contributed by atoms with E-state index in [1.165, 1.54) is 46.5 Å². The van der Waals surface area contributed by atoms with E-state index >= 15 is 0 Å². The second kappa shape index (κ2) is 6.69. The van der Waals surface area contributed by atoms with Gasteiger partial charge in [-0.25, -0.2) is 0 Å². The summed E-state index contributed by atoms with van der Waals surface area (Å²) in [5, 5.41) is 5.83. The molecule has 1 spiro atoms. The zero-order chi connectivity index (χ0) is 14.0. The lowest BCUT2D eigenvalue weighted by Crippen LogP contribution is -2.45. The molecule has 1 N–H and O–H groups in total. The van der Waals surface area contributed by atoms with Gasteiger partial charge in [-0.3, -0.25) is 0 Å². The van der Waals surface area contributed by atoms with Crippen molar-refractivity contribution < 1.29 is 4.74 Å². The minimum absolute atomic E-state index is 0.177. The molecule has 1 aromatic rings. The van der Waals surface area contributed by atoms with E-state index in [0.29, 0.717) is 12.0 Å². The molecule has 0 saturated carbocycles. The largest absolute Gasteiger partial charge is 0.375 e. The Balaban J connectivity index is 1.74. The number of hydrogen-bond acceptors (Lipinski definition) is 4. The Hall–Kier alpha value is 0.450. The van der Waals surface area contributed by atoms with Crippen LogP contribution in [-0.4, -0.2) is 30.8 Å². The van der Waals surface area contributed by atoms with Crippen molar-refractivity contribution in [2.45, 2.75) is 37.3 Å². The molecule has 112 valence electrons. The number of ether oxygens (including phenoxy) is 1. The van der Waals surface area contributed by atoms with Crippen molar-refractivity contribution in [3.05, 3.63) is 20.8 Å². The van der Waals surface area contributed by atoms with E-state index in [0.717, 1.165) is 6.61 Å². The van der Waals surface area contributed by atoms with E-state index in [-0.39, 0.29) is 5.60 Å². The van der Waals surface area contributed by atoms with Crippen LogP contribution >= 0.6 is 39.0 Å². The molecule has 0 amide bonds. The van der Waals surface area contributed by atoms with Crippen LogP contribution in [0.4, 0.5) is 0 Å². The first-order chi connectivity index (χ1) is 9.72. The highest BCUT2D eigenvalue weighted by Crippen LogP contribution is 2.44. The summed E-state index contributed by atoms with van der Waals surface area (Å²) in [6.45, 7) is 0.929. The maximum absolute atomic E-state index is 6.22. The van der Waals surface area contributed by atoms with E-state index in [2.05, 4.69) is 51.5 Å². The Bertz CT molecular complexity index is 439. The fraction of sp³-hybridized carbons (Fsp3) is 0.733. The zero-order valence-corrected chi connectivity index (χ0v) is 15.1. The number of hydrogen-bond donors (Lipinski definition) is 1. The number of rotatable bonds is 3. The van der Waals surface area contributed by atoms with Gasteiger partial charge in [-0.15, -0.1) is 11.3 Å². The van der Waals surface area contributed by atoms with Crippen molar-refractivity contribution in [2.24, 2.45) is 5.92 Å². The fourth-order valence-corrected chi connectivity index (χ4v) is 6.05. The molecule has 0 aromatic carbocycles. The molecule has 2 unspecified atom stereocenters. The average molecular weight is 376 g/mol. The normalized spacial score (nSPS) is 27.6. The predicted molar refractivity (Wildman–Crippen MR) is 91.8 cm³/mol. The van der Waals surface area contributed by atoms with Crippen molar-refractivity contribution in [2.75, 3.05) is 25.2 Å². The smallest absolute Gasteiger partial charge is 0.0701 e. The highest BCUT2D eigenvalue weighted by Gasteiger charge is 2.41. The molecule has 3 rings (SSSR count). The van der Waals surface area contributed by atoms with Gasteiger partial charge in [0.05, 0.1) is 9.39 Å². The van der Waals surface area contributed by atoms with Crippen LogP contribution in [0.1, 0.15) is 37.3 Å². The first kappa shape index (κ1) is 15.3. The molecule has 0 aliphatic carbocycles. The molecule has 1 aromatic heterocycles. The third kappa shape index (κ3) is 3.27. The first-order valence-electron chi connectivity index (χ1n) is 7.35. The SMILES string of the molecule is CNC(c1csc(Br)c1)C1CCOC2(CCSCC2)C1. The van der Waals surface area contributed by atoms with Crippen LogP contribution in [-0.2, 0) is 4.74 Å². The lowest BCUT2D eigenvalue weighted by Gasteiger charge is -2.45. The fourth-order valence-electron chi connectivity index (χ4n) is 3.60. The van der Waals surface area contributed by atoms with Gasteiger partial charge in [-0.05, 0) is 83.1 Å². The third-order valence-corrected chi connectivity index (χ3v) is 7.17. The van der Waals surface area contributed by atoms with Gasteiger partial charge in [-0.2, -0.15) is 11.8 Å². The van der Waals surface area contributed by atoms with Gasteiger partial charge < -0.3 is 10.1 Å². The quantitative estimate of drug-likeness (QED) is 0.842. The lowest BCUT2D eigenvalue weighted by atomic mass is 9.77. The van der Waals surface area contributed by atoms with Crippen LogP contribution in [0.5, 0.6) is 0 Å². The number of thiophene rings is 1. The maximum Gasteiger partial charge on any atom is 0.0701 e. The Morgan fingerprint density at radius 1 is 1.45 bits per heavy atom. The Kier molecular flexibility index (Phi) is 5.14. The van der Waals surface area contributed by atoms with E-state index in [1.54, 1.807) is 11.3 Å². The molecule has 0 radical (unpaired) electrons. The Morgan fingerprint density at radius 3 is 2.90 bits per heavy atom. The maximum atomic E-state index is 6.22. The summed E-state index contributed by atoms with van der Waals surface area (Å²) < 4.78 is 7.45. The third-order valence-electron chi connectivity index (χ3n) is 4.66. The molecule has 2 saturated heterocycles. The monoisotopic (exact) mass is 375 g/mol. The minimum Gasteiger partial charge on any atom is -0.375 e. The van der Waals surface area contributed by atoms with Crippen molar-refractivity contribution in [1.29, 1.82) is 0 Å². The molecule has 3 heterocycles. The van der Waals surface area contributed by atoms with E-state index in [9.17, 15) is 0 Å². The van der Waals surface area contributed by atoms with Crippen LogP contribution in [0.15, 0.2) is 15.2 Å². The van der Waals surface area contributed by atoms with Crippen LogP contribution in [0.2, 0.25) is 0 Å². The van der Waals surface area contributed by atoms with Crippen molar-refractivity contribution >= 4 is 39.0 Å². The Labute approximate surface area is 138 Å². The van der Waals surface area contributed by atoms with E-state index < -0.39 is 0 Å². The van der Waals surface area contributed by atoms with Crippen LogP contribution in [0.25, 0.3) is 0 Å². The summed E-state index contributed by atoms with van der Waals surface area (Å²) in [4.78, 5) is 0. The Morgan fingerprint density at radius 2 is 2.25 bits per heavy atom. The number of thioether (sulfide) groups is 1. The molecular weight excluding hydrogens is 354 g/mol. The molecule has 20 heavy (non-hydrogen) atoms. The number of halogens is 1. The molecule has 2 aliphatic heterocycles. The molecule has 2 nitrogen and oxygen atoms in total. The highest BCUT2D eigenvalue weighted by atomic mass is 79.9. The second-order valence-electron chi connectivity index (χ2n) is 5.85. The van der Waals surface area contributed by atoms with Crippen LogP contribution in [0.3, 0.4) is 0 Å². The number of nitrogens with one attached hydrogen (secondary N) is 1. The molecule has 2 fully saturated rings.